The normalized spacial score (nSPS) is 21.1. The summed E-state index contributed by atoms with van der Waals surface area (Å²) in [4.78, 5) is 39.1. The van der Waals surface area contributed by atoms with Crippen molar-refractivity contribution in [3.05, 3.63) is 29.0 Å². The predicted octanol–water partition coefficient (Wildman–Crippen LogP) is 2.00. The van der Waals surface area contributed by atoms with Gasteiger partial charge in [-0.05, 0) is 52.7 Å². The number of carbonyl (C=O) groups is 3. The molecule has 2 atom stereocenters. The summed E-state index contributed by atoms with van der Waals surface area (Å²) in [6.45, 7) is 6.88. The molecule has 1 aromatic carbocycles. The van der Waals surface area contributed by atoms with E-state index in [0.717, 1.165) is 6.07 Å². The van der Waals surface area contributed by atoms with E-state index < -0.39 is 40.6 Å². The van der Waals surface area contributed by atoms with Crippen molar-refractivity contribution in [3.8, 4) is 5.75 Å². The molecule has 0 aliphatic carbocycles. The molecule has 8 nitrogen and oxygen atoms in total. The average molecular weight is 489 g/mol. The van der Waals surface area contributed by atoms with Crippen molar-refractivity contribution in [1.82, 2.24) is 10.2 Å². The lowest BCUT2D eigenvalue weighted by molar-refractivity contribution is -0.151. The van der Waals surface area contributed by atoms with Crippen molar-refractivity contribution < 1.29 is 33.0 Å². The maximum atomic E-state index is 13.5. The first-order valence-corrected chi connectivity index (χ1v) is 11.8. The van der Waals surface area contributed by atoms with Crippen molar-refractivity contribution in [2.45, 2.75) is 57.3 Å². The van der Waals surface area contributed by atoms with E-state index in [0.29, 0.717) is 23.1 Å². The predicted molar refractivity (Wildman–Crippen MR) is 120 cm³/mol. The van der Waals surface area contributed by atoms with Crippen LogP contribution < -0.4 is 10.1 Å². The number of amides is 2. The number of hydrogen-bond acceptors (Lipinski definition) is 6. The van der Waals surface area contributed by atoms with E-state index in [1.807, 2.05) is 0 Å². The second kappa shape index (κ2) is 10.5. The number of piperidine rings is 1. The van der Waals surface area contributed by atoms with Crippen LogP contribution in [0.5, 0.6) is 5.75 Å². The Morgan fingerprint density at radius 2 is 2.03 bits per heavy atom. The zero-order valence-corrected chi connectivity index (χ0v) is 21.8. The van der Waals surface area contributed by atoms with Gasteiger partial charge in [0.05, 0.1) is 11.6 Å². The number of nitrogens with one attached hydrogen (secondary N) is 1. The Labute approximate surface area is 195 Å². The summed E-state index contributed by atoms with van der Waals surface area (Å²) in [7, 11) is 0.501. The number of rotatable bonds is 6. The Balaban J connectivity index is 2.06. The van der Waals surface area contributed by atoms with E-state index in [4.69, 9.17) is 25.8 Å². The molecule has 1 fully saturated rings. The number of halogens is 2. The summed E-state index contributed by atoms with van der Waals surface area (Å²) < 4.78 is 29.5. The molecule has 2 amide bonds. The Kier molecular flexibility index (Phi) is 8.52. The van der Waals surface area contributed by atoms with Crippen LogP contribution in [0.2, 0.25) is 5.02 Å². The largest absolute Gasteiger partial charge is 0.484 e. The van der Waals surface area contributed by atoms with Gasteiger partial charge in [0.25, 0.3) is 5.91 Å². The fraction of sp³-hybridized carbons (Fsp3) is 0.571. The molecular formula is C21H30ClFN2O6Si. The van der Waals surface area contributed by atoms with Gasteiger partial charge >= 0.3 is 12.1 Å². The highest BCUT2D eigenvalue weighted by Gasteiger charge is 2.44. The van der Waals surface area contributed by atoms with E-state index in [2.05, 4.69) is 5.32 Å². The average Bonchev–Trinajstić information content (AvgIpc) is 2.67. The zero-order chi connectivity index (χ0) is 24.1. The van der Waals surface area contributed by atoms with E-state index in [9.17, 15) is 18.8 Å². The Bertz CT molecular complexity index is 865. The van der Waals surface area contributed by atoms with Crippen molar-refractivity contribution in [1.29, 1.82) is 0 Å². The third-order valence-corrected chi connectivity index (χ3v) is 6.13. The van der Waals surface area contributed by atoms with Gasteiger partial charge in [-0.2, -0.15) is 0 Å². The standard InChI is InChI=1S/C21H30ClFN2O6Si/c1-5-29-18(27)16-8-9-21(32,12-25(16)19(28)31-20(2,3)4)24-17(26)11-30-13-6-7-14(22)15(23)10-13/h6-7,10,16H,5,8-9,11-12H2,1-4,32H3,(H,24,26)/t16-,21+/m1/s1. The van der Waals surface area contributed by atoms with E-state index in [1.165, 1.54) is 17.0 Å². The first kappa shape index (κ1) is 25.9. The van der Waals surface area contributed by atoms with Crippen LogP contribution in [-0.2, 0) is 19.1 Å². The van der Waals surface area contributed by atoms with Gasteiger partial charge in [0.2, 0.25) is 0 Å². The molecule has 0 bridgehead atoms. The number of carbonyl (C=O) groups excluding carboxylic acids is 3. The van der Waals surface area contributed by atoms with Crippen molar-refractivity contribution in [2.75, 3.05) is 19.8 Å². The lowest BCUT2D eigenvalue weighted by Gasteiger charge is -2.44. The third-order valence-electron chi connectivity index (χ3n) is 4.75. The summed E-state index contributed by atoms with van der Waals surface area (Å²) in [5, 5.41) is 2.18. The molecule has 32 heavy (non-hydrogen) atoms. The maximum Gasteiger partial charge on any atom is 0.411 e. The summed E-state index contributed by atoms with van der Waals surface area (Å²) >= 11 is 5.64. The lowest BCUT2D eigenvalue weighted by Crippen LogP contribution is -2.65. The molecule has 2 rings (SSSR count). The molecule has 178 valence electrons. The van der Waals surface area contributed by atoms with Crippen LogP contribution in [0.3, 0.4) is 0 Å². The van der Waals surface area contributed by atoms with Gasteiger partial charge < -0.3 is 19.5 Å². The summed E-state index contributed by atoms with van der Waals surface area (Å²) in [6, 6.07) is 3.12. The van der Waals surface area contributed by atoms with Crippen molar-refractivity contribution >= 4 is 39.8 Å². The number of nitrogens with zero attached hydrogens (tertiary/aromatic N) is 1. The summed E-state index contributed by atoms with van der Waals surface area (Å²) in [5.41, 5.74) is -0.744. The first-order valence-electron chi connectivity index (χ1n) is 10.4. The number of esters is 1. The second-order valence-corrected chi connectivity index (χ2v) is 11.2. The van der Waals surface area contributed by atoms with Gasteiger partial charge in [-0.1, -0.05) is 11.6 Å². The number of hydrogen-bond donors (Lipinski definition) is 1. The van der Waals surface area contributed by atoms with Crippen LogP contribution in [0.25, 0.3) is 0 Å². The molecule has 0 unspecified atom stereocenters. The highest BCUT2D eigenvalue weighted by atomic mass is 35.5. The van der Waals surface area contributed by atoms with E-state index in [-0.39, 0.29) is 30.5 Å². The van der Waals surface area contributed by atoms with E-state index >= 15 is 0 Å². The maximum absolute atomic E-state index is 13.5. The molecule has 11 heteroatoms. The molecule has 1 N–H and O–H groups in total. The van der Waals surface area contributed by atoms with Crippen molar-refractivity contribution in [3.63, 3.8) is 0 Å². The fourth-order valence-electron chi connectivity index (χ4n) is 3.36. The van der Waals surface area contributed by atoms with Gasteiger partial charge in [0, 0.05) is 28.0 Å². The van der Waals surface area contributed by atoms with Crippen LogP contribution in [-0.4, -0.2) is 69.7 Å². The van der Waals surface area contributed by atoms with Crippen molar-refractivity contribution in [2.24, 2.45) is 0 Å². The lowest BCUT2D eigenvalue weighted by atomic mass is 9.97. The van der Waals surface area contributed by atoms with Gasteiger partial charge in [-0.3, -0.25) is 9.69 Å². The molecule has 0 radical (unpaired) electrons. The zero-order valence-electron chi connectivity index (χ0n) is 19.0. The summed E-state index contributed by atoms with van der Waals surface area (Å²) in [5.74, 6) is -1.39. The Morgan fingerprint density at radius 3 is 2.62 bits per heavy atom. The fourth-order valence-corrected chi connectivity index (χ4v) is 4.39. The topological polar surface area (TPSA) is 94.2 Å². The van der Waals surface area contributed by atoms with E-state index in [1.54, 1.807) is 27.7 Å². The second-order valence-electron chi connectivity index (χ2n) is 8.89. The smallest absolute Gasteiger partial charge is 0.411 e. The molecule has 0 spiro atoms. The minimum Gasteiger partial charge on any atom is -0.484 e. The Hall–Kier alpha value is -2.33. The first-order chi connectivity index (χ1) is 14.8. The van der Waals surface area contributed by atoms with Gasteiger partial charge in [-0.25, -0.2) is 14.0 Å². The van der Waals surface area contributed by atoms with Crippen LogP contribution in [0.1, 0.15) is 40.5 Å². The minimum absolute atomic E-state index is 0.0408. The number of benzene rings is 1. The molecular weight excluding hydrogens is 459 g/mol. The molecule has 1 aliphatic heterocycles. The Morgan fingerprint density at radius 1 is 1.34 bits per heavy atom. The summed E-state index contributed by atoms with van der Waals surface area (Å²) in [6.07, 6.45) is 0.173. The molecule has 1 aromatic rings. The quantitative estimate of drug-likeness (QED) is 0.486. The van der Waals surface area contributed by atoms with Crippen LogP contribution in [0, 0.1) is 5.82 Å². The minimum atomic E-state index is -0.780. The SMILES string of the molecule is CCOC(=O)[C@H]1CC[C@@]([SiH3])(NC(=O)COc2ccc(Cl)c(F)c2)CN1C(=O)OC(C)(C)C. The third kappa shape index (κ3) is 7.37. The van der Waals surface area contributed by atoms with Crippen LogP contribution in [0.4, 0.5) is 9.18 Å². The van der Waals surface area contributed by atoms with Gasteiger partial charge in [0.15, 0.2) is 6.61 Å². The molecule has 1 saturated heterocycles. The molecule has 0 aromatic heterocycles. The number of ether oxygens (including phenoxy) is 3. The van der Waals surface area contributed by atoms with Crippen LogP contribution >= 0.6 is 11.6 Å². The number of likely N-dealkylation sites (tertiary alicyclic amines) is 1. The van der Waals surface area contributed by atoms with Crippen LogP contribution in [0.15, 0.2) is 18.2 Å². The molecule has 1 heterocycles. The molecule has 0 saturated carbocycles. The van der Waals surface area contributed by atoms with Gasteiger partial charge in [-0.15, -0.1) is 0 Å². The highest BCUT2D eigenvalue weighted by Crippen LogP contribution is 2.27. The highest BCUT2D eigenvalue weighted by molar-refractivity contribution is 6.30. The monoisotopic (exact) mass is 488 g/mol. The van der Waals surface area contributed by atoms with Gasteiger partial charge in [0.1, 0.15) is 23.2 Å². The molecule has 1 aliphatic rings.